The van der Waals surface area contributed by atoms with E-state index in [9.17, 15) is 10.2 Å². The SMILES string of the molecule is C[C@]12CCC(O)CC1=CC[C@H]1[C@@H]3CCC(O)[C@@]3(C)CC[C@]12C. The van der Waals surface area contributed by atoms with Gasteiger partial charge in [0.25, 0.3) is 0 Å². The molecule has 0 spiro atoms. The molecule has 0 amide bonds. The third-order valence-electron chi connectivity index (χ3n) is 8.87. The van der Waals surface area contributed by atoms with Crippen molar-refractivity contribution in [2.45, 2.75) is 84.3 Å². The van der Waals surface area contributed by atoms with Crippen molar-refractivity contribution < 1.29 is 10.2 Å². The highest BCUT2D eigenvalue weighted by Crippen LogP contribution is 2.70. The summed E-state index contributed by atoms with van der Waals surface area (Å²) in [5, 5.41) is 20.6. The van der Waals surface area contributed by atoms with Crippen LogP contribution in [0.3, 0.4) is 0 Å². The Hall–Kier alpha value is -0.340. The summed E-state index contributed by atoms with van der Waals surface area (Å²) in [5.74, 6) is 1.40. The summed E-state index contributed by atoms with van der Waals surface area (Å²) < 4.78 is 0. The van der Waals surface area contributed by atoms with Crippen molar-refractivity contribution in [2.24, 2.45) is 28.1 Å². The van der Waals surface area contributed by atoms with Gasteiger partial charge in [-0.15, -0.1) is 0 Å². The minimum Gasteiger partial charge on any atom is -0.393 e. The Bertz CT molecular complexity index is 512. The van der Waals surface area contributed by atoms with E-state index in [-0.39, 0.29) is 23.0 Å². The number of hydrogen-bond donors (Lipinski definition) is 2. The summed E-state index contributed by atoms with van der Waals surface area (Å²) in [6, 6.07) is 0. The van der Waals surface area contributed by atoms with Crippen LogP contribution in [0, 0.1) is 28.1 Å². The van der Waals surface area contributed by atoms with Crippen molar-refractivity contribution in [3.63, 3.8) is 0 Å². The second kappa shape index (κ2) is 4.60. The predicted molar refractivity (Wildman–Crippen MR) is 88.3 cm³/mol. The Kier molecular flexibility index (Phi) is 3.18. The minimum atomic E-state index is -0.123. The molecule has 2 heteroatoms. The Morgan fingerprint density at radius 3 is 2.50 bits per heavy atom. The molecule has 4 rings (SSSR count). The van der Waals surface area contributed by atoms with Gasteiger partial charge in [0.1, 0.15) is 0 Å². The number of aliphatic hydroxyl groups excluding tert-OH is 2. The first-order valence-electron chi connectivity index (χ1n) is 9.37. The molecule has 0 radical (unpaired) electrons. The van der Waals surface area contributed by atoms with Gasteiger partial charge in [0.05, 0.1) is 12.2 Å². The molecule has 2 N–H and O–H groups in total. The molecule has 4 aliphatic rings. The molecule has 0 aliphatic heterocycles. The van der Waals surface area contributed by atoms with Crippen molar-refractivity contribution in [1.29, 1.82) is 0 Å². The van der Waals surface area contributed by atoms with E-state index in [0.29, 0.717) is 17.3 Å². The number of fused-ring (bicyclic) bond motifs is 5. The van der Waals surface area contributed by atoms with Gasteiger partial charge in [-0.1, -0.05) is 32.4 Å². The van der Waals surface area contributed by atoms with Crippen molar-refractivity contribution >= 4 is 0 Å². The molecule has 0 aromatic rings. The first-order valence-corrected chi connectivity index (χ1v) is 9.37. The fourth-order valence-electron chi connectivity index (χ4n) is 6.95. The summed E-state index contributed by atoms with van der Waals surface area (Å²) in [7, 11) is 0. The number of rotatable bonds is 0. The first kappa shape index (κ1) is 15.2. The van der Waals surface area contributed by atoms with Gasteiger partial charge < -0.3 is 10.2 Å². The van der Waals surface area contributed by atoms with Crippen LogP contribution in [0.2, 0.25) is 0 Å². The molecule has 0 saturated heterocycles. The molecule has 0 aromatic heterocycles. The van der Waals surface area contributed by atoms with Gasteiger partial charge in [-0.2, -0.15) is 0 Å². The zero-order valence-corrected chi connectivity index (χ0v) is 14.4. The molecule has 7 atom stereocenters. The van der Waals surface area contributed by atoms with E-state index in [2.05, 4.69) is 26.8 Å². The van der Waals surface area contributed by atoms with Crippen LogP contribution >= 0.6 is 0 Å². The highest BCUT2D eigenvalue weighted by Gasteiger charge is 2.63. The van der Waals surface area contributed by atoms with Gasteiger partial charge in [-0.05, 0) is 79.4 Å². The van der Waals surface area contributed by atoms with Crippen molar-refractivity contribution in [2.75, 3.05) is 0 Å². The monoisotopic (exact) mass is 304 g/mol. The predicted octanol–water partition coefficient (Wildman–Crippen LogP) is 4.06. The van der Waals surface area contributed by atoms with Crippen LogP contribution in [0.1, 0.15) is 72.1 Å². The van der Waals surface area contributed by atoms with Crippen LogP contribution in [-0.2, 0) is 0 Å². The van der Waals surface area contributed by atoms with E-state index < -0.39 is 0 Å². The lowest BCUT2D eigenvalue weighted by Gasteiger charge is -2.64. The second-order valence-electron chi connectivity index (χ2n) is 9.42. The summed E-state index contributed by atoms with van der Waals surface area (Å²) in [6.45, 7) is 7.36. The van der Waals surface area contributed by atoms with Gasteiger partial charge in [0, 0.05) is 0 Å². The molecular weight excluding hydrogens is 272 g/mol. The molecule has 22 heavy (non-hydrogen) atoms. The summed E-state index contributed by atoms with van der Waals surface area (Å²) >= 11 is 0. The van der Waals surface area contributed by atoms with E-state index >= 15 is 0 Å². The summed E-state index contributed by atoms with van der Waals surface area (Å²) in [4.78, 5) is 0. The summed E-state index contributed by atoms with van der Waals surface area (Å²) in [5.41, 5.74) is 2.31. The van der Waals surface area contributed by atoms with Gasteiger partial charge in [0.15, 0.2) is 0 Å². The van der Waals surface area contributed by atoms with Crippen LogP contribution in [0.5, 0.6) is 0 Å². The van der Waals surface area contributed by atoms with Gasteiger partial charge in [0.2, 0.25) is 0 Å². The molecule has 0 aromatic carbocycles. The molecular formula is C20H32O2. The molecule has 124 valence electrons. The van der Waals surface area contributed by atoms with Crippen LogP contribution in [0.4, 0.5) is 0 Å². The zero-order valence-electron chi connectivity index (χ0n) is 14.4. The van der Waals surface area contributed by atoms with E-state index in [1.807, 2.05) is 0 Å². The van der Waals surface area contributed by atoms with Crippen LogP contribution in [0.15, 0.2) is 11.6 Å². The van der Waals surface area contributed by atoms with Crippen LogP contribution in [0.25, 0.3) is 0 Å². The van der Waals surface area contributed by atoms with E-state index in [4.69, 9.17) is 0 Å². The third kappa shape index (κ3) is 1.69. The number of hydrogen-bond acceptors (Lipinski definition) is 2. The molecule has 3 saturated carbocycles. The maximum absolute atomic E-state index is 10.5. The quantitative estimate of drug-likeness (QED) is 0.663. The van der Waals surface area contributed by atoms with Gasteiger partial charge in [-0.25, -0.2) is 0 Å². The van der Waals surface area contributed by atoms with Crippen LogP contribution in [-0.4, -0.2) is 22.4 Å². The average Bonchev–Trinajstić information content (AvgIpc) is 2.77. The third-order valence-corrected chi connectivity index (χ3v) is 8.87. The minimum absolute atomic E-state index is 0.0894. The largest absolute Gasteiger partial charge is 0.393 e. The van der Waals surface area contributed by atoms with Crippen LogP contribution < -0.4 is 0 Å². The van der Waals surface area contributed by atoms with Crippen molar-refractivity contribution in [3.8, 4) is 0 Å². The van der Waals surface area contributed by atoms with Crippen molar-refractivity contribution in [3.05, 3.63) is 11.6 Å². The topological polar surface area (TPSA) is 40.5 Å². The van der Waals surface area contributed by atoms with E-state index in [0.717, 1.165) is 25.7 Å². The lowest BCUT2D eigenvalue weighted by atomic mass is 9.41. The second-order valence-corrected chi connectivity index (χ2v) is 9.42. The fourth-order valence-corrected chi connectivity index (χ4v) is 6.95. The smallest absolute Gasteiger partial charge is 0.0596 e. The highest BCUT2D eigenvalue weighted by atomic mass is 16.3. The highest BCUT2D eigenvalue weighted by molar-refractivity contribution is 5.28. The van der Waals surface area contributed by atoms with Crippen molar-refractivity contribution in [1.82, 2.24) is 0 Å². The number of allylic oxidation sites excluding steroid dienone is 1. The molecule has 3 fully saturated rings. The van der Waals surface area contributed by atoms with E-state index in [1.165, 1.54) is 31.3 Å². The molecule has 0 heterocycles. The zero-order chi connectivity index (χ0) is 15.8. The molecule has 2 unspecified atom stereocenters. The number of aliphatic hydroxyl groups is 2. The Labute approximate surface area is 135 Å². The Morgan fingerprint density at radius 2 is 1.73 bits per heavy atom. The molecule has 4 aliphatic carbocycles. The maximum atomic E-state index is 10.5. The standard InChI is InChI=1S/C20H32O2/c1-18-10-11-20(3)16(15(18)6-7-17(18)22)5-4-13-12-14(21)8-9-19(13,20)2/h4,14-17,21-22H,5-12H2,1-3H3/t14?,15-,16-,17?,18-,19-,20+/m0/s1. The Balaban J connectivity index is 1.75. The summed E-state index contributed by atoms with van der Waals surface area (Å²) in [6.07, 6.45) is 11.0. The van der Waals surface area contributed by atoms with Gasteiger partial charge in [-0.3, -0.25) is 0 Å². The molecule has 2 nitrogen and oxygen atoms in total. The fraction of sp³-hybridized carbons (Fsp3) is 0.900. The lowest BCUT2D eigenvalue weighted by molar-refractivity contribution is -0.125. The van der Waals surface area contributed by atoms with Gasteiger partial charge >= 0.3 is 0 Å². The normalized spacial score (nSPS) is 57.6. The average molecular weight is 304 g/mol. The van der Waals surface area contributed by atoms with E-state index in [1.54, 1.807) is 0 Å². The first-order chi connectivity index (χ1) is 10.3. The maximum Gasteiger partial charge on any atom is 0.0596 e. The molecule has 0 bridgehead atoms. The lowest BCUT2D eigenvalue weighted by Crippen LogP contribution is -2.57. The Morgan fingerprint density at radius 1 is 0.955 bits per heavy atom.